The molecule has 1 fully saturated rings. The number of halogens is 2. The second kappa shape index (κ2) is 12.5. The van der Waals surface area contributed by atoms with Crippen LogP contribution in [0.1, 0.15) is 62.1 Å². The van der Waals surface area contributed by atoms with Crippen molar-refractivity contribution in [2.45, 2.75) is 77.9 Å². The zero-order chi connectivity index (χ0) is 24.7. The van der Waals surface area contributed by atoms with Gasteiger partial charge in [0.15, 0.2) is 6.61 Å². The van der Waals surface area contributed by atoms with Crippen LogP contribution in [-0.2, 0) is 16.1 Å². The fourth-order valence-electron chi connectivity index (χ4n) is 4.33. The summed E-state index contributed by atoms with van der Waals surface area (Å²) in [7, 11) is 0. The molecule has 0 spiro atoms. The highest BCUT2D eigenvalue weighted by molar-refractivity contribution is 6.35. The van der Waals surface area contributed by atoms with Crippen LogP contribution in [0.3, 0.4) is 0 Å². The van der Waals surface area contributed by atoms with Crippen LogP contribution in [0, 0.1) is 13.8 Å². The summed E-state index contributed by atoms with van der Waals surface area (Å²) >= 11 is 12.5. The molecule has 0 heterocycles. The summed E-state index contributed by atoms with van der Waals surface area (Å²) in [4.78, 5) is 28.3. The van der Waals surface area contributed by atoms with Crippen molar-refractivity contribution in [1.82, 2.24) is 10.2 Å². The topological polar surface area (TPSA) is 58.6 Å². The van der Waals surface area contributed by atoms with Crippen molar-refractivity contribution < 1.29 is 14.3 Å². The Morgan fingerprint density at radius 2 is 1.79 bits per heavy atom. The molecule has 0 aliphatic heterocycles. The summed E-state index contributed by atoms with van der Waals surface area (Å²) < 4.78 is 5.82. The highest BCUT2D eigenvalue weighted by Crippen LogP contribution is 2.25. The molecule has 1 atom stereocenters. The molecule has 0 aromatic heterocycles. The van der Waals surface area contributed by atoms with Crippen molar-refractivity contribution >= 4 is 35.0 Å². The number of carbonyl (C=O) groups excluding carboxylic acids is 2. The van der Waals surface area contributed by atoms with E-state index in [1.54, 1.807) is 23.1 Å². The zero-order valence-electron chi connectivity index (χ0n) is 20.2. The molecule has 0 saturated heterocycles. The minimum absolute atomic E-state index is 0.126. The Balaban J connectivity index is 1.79. The SMILES string of the molecule is CC[C@@H](C(=O)NC1CCCCC1)N(Cc1ccc(Cl)cc1Cl)C(=O)COc1ccc(C)c(C)c1. The van der Waals surface area contributed by atoms with Crippen LogP contribution in [0.2, 0.25) is 10.0 Å². The van der Waals surface area contributed by atoms with E-state index in [2.05, 4.69) is 5.32 Å². The molecule has 2 amide bonds. The molecule has 184 valence electrons. The molecule has 5 nitrogen and oxygen atoms in total. The lowest BCUT2D eigenvalue weighted by atomic mass is 9.95. The van der Waals surface area contributed by atoms with Crippen LogP contribution in [0.25, 0.3) is 0 Å². The molecule has 0 radical (unpaired) electrons. The maximum absolute atomic E-state index is 13.4. The van der Waals surface area contributed by atoms with E-state index in [0.717, 1.165) is 42.4 Å². The maximum atomic E-state index is 13.4. The van der Waals surface area contributed by atoms with Gasteiger partial charge >= 0.3 is 0 Å². The highest BCUT2D eigenvalue weighted by atomic mass is 35.5. The van der Waals surface area contributed by atoms with Gasteiger partial charge in [0, 0.05) is 22.6 Å². The first-order valence-corrected chi connectivity index (χ1v) is 12.8. The number of benzene rings is 2. The summed E-state index contributed by atoms with van der Waals surface area (Å²) in [6.45, 7) is 5.97. The first kappa shape index (κ1) is 26.4. The Labute approximate surface area is 212 Å². The number of nitrogens with zero attached hydrogens (tertiary/aromatic N) is 1. The lowest BCUT2D eigenvalue weighted by Gasteiger charge is -2.33. The van der Waals surface area contributed by atoms with E-state index >= 15 is 0 Å². The van der Waals surface area contributed by atoms with Crippen LogP contribution in [-0.4, -0.2) is 35.4 Å². The lowest BCUT2D eigenvalue weighted by molar-refractivity contribution is -0.143. The van der Waals surface area contributed by atoms with E-state index in [9.17, 15) is 9.59 Å². The predicted octanol–water partition coefficient (Wildman–Crippen LogP) is 6.25. The minimum Gasteiger partial charge on any atom is -0.484 e. The molecule has 1 aliphatic carbocycles. The molecule has 34 heavy (non-hydrogen) atoms. The average molecular weight is 505 g/mol. The van der Waals surface area contributed by atoms with Gasteiger partial charge in [-0.1, -0.05) is 61.5 Å². The number of carbonyl (C=O) groups is 2. The number of aryl methyl sites for hydroxylation is 2. The van der Waals surface area contributed by atoms with Gasteiger partial charge in [0.25, 0.3) is 5.91 Å². The summed E-state index contributed by atoms with van der Waals surface area (Å²) in [5.41, 5.74) is 2.98. The third-order valence-electron chi connectivity index (χ3n) is 6.53. The Bertz CT molecular complexity index is 1010. The van der Waals surface area contributed by atoms with Crippen molar-refractivity contribution in [3.63, 3.8) is 0 Å². The predicted molar refractivity (Wildman–Crippen MR) is 138 cm³/mol. The Kier molecular flexibility index (Phi) is 9.66. The molecule has 7 heteroatoms. The average Bonchev–Trinajstić information content (AvgIpc) is 2.81. The van der Waals surface area contributed by atoms with Gasteiger partial charge in [-0.3, -0.25) is 9.59 Å². The van der Waals surface area contributed by atoms with Crippen molar-refractivity contribution in [3.05, 3.63) is 63.1 Å². The molecule has 2 aromatic rings. The molecule has 1 aliphatic rings. The van der Waals surface area contributed by atoms with Gasteiger partial charge in [0.1, 0.15) is 11.8 Å². The number of rotatable bonds is 9. The normalized spacial score (nSPS) is 15.0. The molecular formula is C27H34Cl2N2O3. The Morgan fingerprint density at radius 3 is 2.44 bits per heavy atom. The third-order valence-corrected chi connectivity index (χ3v) is 7.12. The smallest absolute Gasteiger partial charge is 0.261 e. The van der Waals surface area contributed by atoms with E-state index in [4.69, 9.17) is 27.9 Å². The number of nitrogens with one attached hydrogen (secondary N) is 1. The van der Waals surface area contributed by atoms with Crippen LogP contribution in [0.15, 0.2) is 36.4 Å². The second-order valence-corrected chi connectivity index (χ2v) is 9.90. The number of ether oxygens (including phenoxy) is 1. The van der Waals surface area contributed by atoms with Crippen LogP contribution < -0.4 is 10.1 Å². The molecule has 1 saturated carbocycles. The Morgan fingerprint density at radius 1 is 1.06 bits per heavy atom. The molecular weight excluding hydrogens is 471 g/mol. The molecule has 0 unspecified atom stereocenters. The summed E-state index contributed by atoms with van der Waals surface area (Å²) in [6.07, 6.45) is 5.89. The van der Waals surface area contributed by atoms with Gasteiger partial charge in [0.05, 0.1) is 0 Å². The van der Waals surface area contributed by atoms with E-state index in [0.29, 0.717) is 22.2 Å². The van der Waals surface area contributed by atoms with E-state index < -0.39 is 6.04 Å². The largest absolute Gasteiger partial charge is 0.484 e. The monoisotopic (exact) mass is 504 g/mol. The molecule has 3 rings (SSSR count). The summed E-state index contributed by atoms with van der Waals surface area (Å²) in [6, 6.07) is 10.4. The van der Waals surface area contributed by atoms with Crippen LogP contribution in [0.5, 0.6) is 5.75 Å². The minimum atomic E-state index is -0.621. The van der Waals surface area contributed by atoms with Gasteiger partial charge in [-0.05, 0) is 74.1 Å². The van der Waals surface area contributed by atoms with Gasteiger partial charge in [-0.25, -0.2) is 0 Å². The van der Waals surface area contributed by atoms with Gasteiger partial charge in [0.2, 0.25) is 5.91 Å². The van der Waals surface area contributed by atoms with E-state index in [1.165, 1.54) is 6.42 Å². The third kappa shape index (κ3) is 7.13. The summed E-state index contributed by atoms with van der Waals surface area (Å²) in [5, 5.41) is 4.16. The quantitative estimate of drug-likeness (QED) is 0.439. The van der Waals surface area contributed by atoms with E-state index in [-0.39, 0.29) is 31.0 Å². The summed E-state index contributed by atoms with van der Waals surface area (Å²) in [5.74, 6) is 0.231. The van der Waals surface area contributed by atoms with Gasteiger partial charge in [-0.2, -0.15) is 0 Å². The van der Waals surface area contributed by atoms with E-state index in [1.807, 2.05) is 39.0 Å². The van der Waals surface area contributed by atoms with Gasteiger partial charge < -0.3 is 15.0 Å². The van der Waals surface area contributed by atoms with Gasteiger partial charge in [-0.15, -0.1) is 0 Å². The highest BCUT2D eigenvalue weighted by Gasteiger charge is 2.31. The van der Waals surface area contributed by atoms with Crippen molar-refractivity contribution in [2.75, 3.05) is 6.61 Å². The maximum Gasteiger partial charge on any atom is 0.261 e. The van der Waals surface area contributed by atoms with Crippen LogP contribution in [0.4, 0.5) is 0 Å². The second-order valence-electron chi connectivity index (χ2n) is 9.06. The standard InChI is InChI=1S/C27H34Cl2N2O3/c1-4-25(27(33)30-22-8-6-5-7-9-22)31(16-20-11-12-21(28)15-24(20)29)26(32)17-34-23-13-10-18(2)19(3)14-23/h10-15,22,25H,4-9,16-17H2,1-3H3,(H,30,33)/t25-/m0/s1. The van der Waals surface area contributed by atoms with Crippen LogP contribution >= 0.6 is 23.2 Å². The molecule has 0 bridgehead atoms. The van der Waals surface area contributed by atoms with Crippen molar-refractivity contribution in [3.8, 4) is 5.75 Å². The molecule has 2 aromatic carbocycles. The first-order chi connectivity index (χ1) is 16.3. The van der Waals surface area contributed by atoms with Crippen molar-refractivity contribution in [1.29, 1.82) is 0 Å². The lowest BCUT2D eigenvalue weighted by Crippen LogP contribution is -2.52. The van der Waals surface area contributed by atoms with Crippen molar-refractivity contribution in [2.24, 2.45) is 0 Å². The number of hydrogen-bond donors (Lipinski definition) is 1. The zero-order valence-corrected chi connectivity index (χ0v) is 21.7. The fraction of sp³-hybridized carbons (Fsp3) is 0.481. The number of hydrogen-bond acceptors (Lipinski definition) is 3. The number of amides is 2. The molecule has 1 N–H and O–H groups in total. The first-order valence-electron chi connectivity index (χ1n) is 12.0. The fourth-order valence-corrected chi connectivity index (χ4v) is 4.80. The Hall–Kier alpha value is -2.24.